The van der Waals surface area contributed by atoms with Gasteiger partial charge in [0.15, 0.2) is 5.78 Å². The molecule has 0 saturated carbocycles. The molecule has 0 aliphatic carbocycles. The van der Waals surface area contributed by atoms with Crippen molar-refractivity contribution >= 4 is 5.78 Å². The third kappa shape index (κ3) is 2.65. The molecule has 0 aromatic heterocycles. The van der Waals surface area contributed by atoms with Crippen molar-refractivity contribution in [1.82, 2.24) is 0 Å². The van der Waals surface area contributed by atoms with Crippen LogP contribution in [0.5, 0.6) is 0 Å². The van der Waals surface area contributed by atoms with Crippen LogP contribution in [0.1, 0.15) is 23.7 Å². The van der Waals surface area contributed by atoms with Crippen molar-refractivity contribution < 1.29 is 9.72 Å². The van der Waals surface area contributed by atoms with Crippen LogP contribution in [0.2, 0.25) is 0 Å². The van der Waals surface area contributed by atoms with E-state index in [1.807, 2.05) is 0 Å². The zero-order valence-corrected chi connectivity index (χ0v) is 7.84. The number of benzene rings is 1. The summed E-state index contributed by atoms with van der Waals surface area (Å²) in [4.78, 5) is 21.3. The van der Waals surface area contributed by atoms with Gasteiger partial charge in [-0.3, -0.25) is 14.9 Å². The first-order valence-corrected chi connectivity index (χ1v) is 4.33. The van der Waals surface area contributed by atoms with E-state index < -0.39 is 11.0 Å². The monoisotopic (exact) mass is 193 g/mol. The van der Waals surface area contributed by atoms with Crippen LogP contribution in [0.25, 0.3) is 0 Å². The predicted octanol–water partition coefficient (Wildman–Crippen LogP) is 1.92. The molecule has 1 aromatic rings. The minimum Gasteiger partial charge on any atom is -0.294 e. The minimum absolute atomic E-state index is 0.0446. The van der Waals surface area contributed by atoms with E-state index in [2.05, 4.69) is 0 Å². The summed E-state index contributed by atoms with van der Waals surface area (Å²) in [6.45, 7) is 1.43. The van der Waals surface area contributed by atoms with E-state index in [1.54, 1.807) is 30.3 Å². The summed E-state index contributed by atoms with van der Waals surface area (Å²) in [6.07, 6.45) is -0.0446. The molecule has 0 fully saturated rings. The maximum atomic E-state index is 11.5. The van der Waals surface area contributed by atoms with E-state index in [4.69, 9.17) is 0 Å². The molecule has 1 aromatic carbocycles. The van der Waals surface area contributed by atoms with Gasteiger partial charge in [-0.25, -0.2) is 0 Å². The Morgan fingerprint density at radius 3 is 2.50 bits per heavy atom. The van der Waals surface area contributed by atoms with Gasteiger partial charge in [-0.15, -0.1) is 0 Å². The van der Waals surface area contributed by atoms with Gasteiger partial charge in [-0.1, -0.05) is 30.3 Å². The summed E-state index contributed by atoms with van der Waals surface area (Å²) in [5.74, 6) is -0.185. The summed E-state index contributed by atoms with van der Waals surface area (Å²) in [6, 6.07) is 7.79. The van der Waals surface area contributed by atoms with Gasteiger partial charge in [-0.2, -0.15) is 0 Å². The molecule has 1 unspecified atom stereocenters. The molecule has 0 aliphatic heterocycles. The molecule has 0 heterocycles. The second-order valence-corrected chi connectivity index (χ2v) is 3.13. The second-order valence-electron chi connectivity index (χ2n) is 3.13. The molecule has 0 spiro atoms. The van der Waals surface area contributed by atoms with Crippen molar-refractivity contribution in [2.24, 2.45) is 0 Å². The highest BCUT2D eigenvalue weighted by Crippen LogP contribution is 2.06. The predicted molar refractivity (Wildman–Crippen MR) is 51.8 cm³/mol. The van der Waals surface area contributed by atoms with Crippen LogP contribution in [0.3, 0.4) is 0 Å². The summed E-state index contributed by atoms with van der Waals surface area (Å²) in [5, 5.41) is 10.3. The average molecular weight is 193 g/mol. The zero-order valence-electron chi connectivity index (χ0n) is 7.84. The van der Waals surface area contributed by atoms with E-state index in [9.17, 15) is 14.9 Å². The van der Waals surface area contributed by atoms with Gasteiger partial charge in [0.25, 0.3) is 0 Å². The molecule has 0 amide bonds. The largest absolute Gasteiger partial charge is 0.294 e. The van der Waals surface area contributed by atoms with Gasteiger partial charge in [0, 0.05) is 17.4 Å². The third-order valence-electron chi connectivity index (χ3n) is 1.94. The number of rotatable bonds is 4. The number of carbonyl (C=O) groups is 1. The number of Topliss-reactive ketones (excluding diaryl/α,β-unsaturated/α-hetero) is 1. The lowest BCUT2D eigenvalue weighted by Gasteiger charge is -2.02. The summed E-state index contributed by atoms with van der Waals surface area (Å²) in [7, 11) is 0. The van der Waals surface area contributed by atoms with Crippen molar-refractivity contribution in [3.63, 3.8) is 0 Å². The smallest absolute Gasteiger partial charge is 0.217 e. The van der Waals surface area contributed by atoms with Gasteiger partial charge in [-0.05, 0) is 0 Å². The van der Waals surface area contributed by atoms with Gasteiger partial charge in [0.2, 0.25) is 6.04 Å². The standard InChI is InChI=1S/C10H11NO3/c1-8(11(13)14)7-10(12)9-5-3-2-4-6-9/h2-6,8H,7H2,1H3. The molecule has 0 saturated heterocycles. The minimum atomic E-state index is -0.817. The van der Waals surface area contributed by atoms with E-state index in [0.717, 1.165) is 0 Å². The molecular weight excluding hydrogens is 182 g/mol. The highest BCUT2D eigenvalue weighted by atomic mass is 16.6. The van der Waals surface area contributed by atoms with Crippen LogP contribution in [0, 0.1) is 10.1 Å². The Bertz CT molecular complexity index is 334. The fourth-order valence-corrected chi connectivity index (χ4v) is 1.08. The number of carbonyl (C=O) groups excluding carboxylic acids is 1. The maximum absolute atomic E-state index is 11.5. The van der Waals surface area contributed by atoms with Crippen LogP contribution < -0.4 is 0 Å². The van der Waals surface area contributed by atoms with Crippen LogP contribution in [0.15, 0.2) is 30.3 Å². The number of nitro groups is 1. The Kier molecular flexibility index (Phi) is 3.34. The molecule has 1 rings (SSSR count). The number of ketones is 1. The first kappa shape index (κ1) is 10.4. The normalized spacial score (nSPS) is 12.1. The van der Waals surface area contributed by atoms with Crippen molar-refractivity contribution in [3.05, 3.63) is 46.0 Å². The fraction of sp³-hybridized carbons (Fsp3) is 0.300. The lowest BCUT2D eigenvalue weighted by Crippen LogP contribution is -2.19. The Morgan fingerprint density at radius 2 is 2.00 bits per heavy atom. The Labute approximate surface area is 81.7 Å². The zero-order chi connectivity index (χ0) is 10.6. The first-order chi connectivity index (χ1) is 6.61. The maximum Gasteiger partial charge on any atom is 0.217 e. The van der Waals surface area contributed by atoms with Crippen molar-refractivity contribution in [2.45, 2.75) is 19.4 Å². The summed E-state index contributed by atoms with van der Waals surface area (Å²) < 4.78 is 0. The van der Waals surface area contributed by atoms with Gasteiger partial charge >= 0.3 is 0 Å². The van der Waals surface area contributed by atoms with Crippen LogP contribution >= 0.6 is 0 Å². The number of nitrogens with zero attached hydrogens (tertiary/aromatic N) is 1. The molecule has 0 aliphatic rings. The van der Waals surface area contributed by atoms with E-state index >= 15 is 0 Å². The van der Waals surface area contributed by atoms with Crippen LogP contribution in [-0.2, 0) is 0 Å². The molecule has 4 heteroatoms. The topological polar surface area (TPSA) is 60.2 Å². The van der Waals surface area contributed by atoms with Crippen LogP contribution in [0.4, 0.5) is 0 Å². The van der Waals surface area contributed by atoms with Gasteiger partial charge < -0.3 is 0 Å². The lowest BCUT2D eigenvalue weighted by atomic mass is 10.1. The van der Waals surface area contributed by atoms with Crippen molar-refractivity contribution in [3.8, 4) is 0 Å². The highest BCUT2D eigenvalue weighted by molar-refractivity contribution is 5.96. The van der Waals surface area contributed by atoms with Crippen molar-refractivity contribution in [2.75, 3.05) is 0 Å². The number of hydrogen-bond donors (Lipinski definition) is 0. The molecule has 1 atom stereocenters. The molecule has 14 heavy (non-hydrogen) atoms. The fourth-order valence-electron chi connectivity index (χ4n) is 1.08. The third-order valence-corrected chi connectivity index (χ3v) is 1.94. The second kappa shape index (κ2) is 4.50. The Hall–Kier alpha value is -1.71. The Balaban J connectivity index is 2.64. The lowest BCUT2D eigenvalue weighted by molar-refractivity contribution is -0.516. The molecule has 0 radical (unpaired) electrons. The highest BCUT2D eigenvalue weighted by Gasteiger charge is 2.18. The van der Waals surface area contributed by atoms with E-state index in [1.165, 1.54) is 6.92 Å². The molecule has 4 nitrogen and oxygen atoms in total. The quantitative estimate of drug-likeness (QED) is 0.417. The number of hydrogen-bond acceptors (Lipinski definition) is 3. The molecule has 74 valence electrons. The SMILES string of the molecule is CC(CC(=O)c1ccccc1)[N+](=O)[O-]. The summed E-state index contributed by atoms with van der Waals surface area (Å²) >= 11 is 0. The van der Waals surface area contributed by atoms with E-state index in [0.29, 0.717) is 5.56 Å². The average Bonchev–Trinajstić information content (AvgIpc) is 2.19. The van der Waals surface area contributed by atoms with Gasteiger partial charge in [0.1, 0.15) is 0 Å². The Morgan fingerprint density at radius 1 is 1.43 bits per heavy atom. The van der Waals surface area contributed by atoms with Crippen molar-refractivity contribution in [1.29, 1.82) is 0 Å². The first-order valence-electron chi connectivity index (χ1n) is 4.33. The summed E-state index contributed by atoms with van der Waals surface area (Å²) in [5.41, 5.74) is 0.529. The van der Waals surface area contributed by atoms with E-state index in [-0.39, 0.29) is 12.2 Å². The van der Waals surface area contributed by atoms with Gasteiger partial charge in [0.05, 0.1) is 6.42 Å². The van der Waals surface area contributed by atoms with Crippen LogP contribution in [-0.4, -0.2) is 16.7 Å². The molecular formula is C10H11NO3. The molecule has 0 bridgehead atoms. The molecule has 0 N–H and O–H groups in total.